The SMILES string of the molecule is O=Cc1cncc(Br)c1Cl. The van der Waals surface area contributed by atoms with Crippen LogP contribution in [-0.4, -0.2) is 11.3 Å². The molecular formula is C6H3BrClNO. The van der Waals surface area contributed by atoms with E-state index in [2.05, 4.69) is 20.9 Å². The Bertz CT molecular complexity index is 264. The summed E-state index contributed by atoms with van der Waals surface area (Å²) in [5, 5.41) is 0.407. The molecule has 0 aliphatic heterocycles. The molecular weight excluding hydrogens is 217 g/mol. The molecule has 0 fully saturated rings. The van der Waals surface area contributed by atoms with Gasteiger partial charge in [0.15, 0.2) is 6.29 Å². The summed E-state index contributed by atoms with van der Waals surface area (Å²) in [5.41, 5.74) is 0.399. The lowest BCUT2D eigenvalue weighted by atomic mass is 10.3. The first-order valence-electron chi connectivity index (χ1n) is 2.50. The highest BCUT2D eigenvalue weighted by atomic mass is 79.9. The number of aromatic nitrogens is 1. The second-order valence-electron chi connectivity index (χ2n) is 1.64. The van der Waals surface area contributed by atoms with Crippen LogP contribution in [0.4, 0.5) is 0 Å². The Morgan fingerprint density at radius 2 is 2.30 bits per heavy atom. The molecule has 10 heavy (non-hydrogen) atoms. The van der Waals surface area contributed by atoms with Gasteiger partial charge in [0.2, 0.25) is 0 Å². The van der Waals surface area contributed by atoms with E-state index in [0.717, 1.165) is 0 Å². The second-order valence-corrected chi connectivity index (χ2v) is 2.87. The van der Waals surface area contributed by atoms with E-state index in [1.807, 2.05) is 0 Å². The van der Waals surface area contributed by atoms with Gasteiger partial charge in [-0.2, -0.15) is 0 Å². The number of aldehydes is 1. The van der Waals surface area contributed by atoms with Crippen molar-refractivity contribution in [3.05, 3.63) is 27.5 Å². The van der Waals surface area contributed by atoms with Crippen LogP contribution >= 0.6 is 27.5 Å². The first-order valence-corrected chi connectivity index (χ1v) is 3.67. The highest BCUT2D eigenvalue weighted by Gasteiger charge is 2.01. The van der Waals surface area contributed by atoms with Crippen molar-refractivity contribution < 1.29 is 4.79 Å². The van der Waals surface area contributed by atoms with Crippen molar-refractivity contribution in [2.45, 2.75) is 0 Å². The van der Waals surface area contributed by atoms with Gasteiger partial charge < -0.3 is 0 Å². The van der Waals surface area contributed by atoms with Gasteiger partial charge in [0.1, 0.15) is 0 Å². The number of pyridine rings is 1. The van der Waals surface area contributed by atoms with Crippen LogP contribution in [0, 0.1) is 0 Å². The van der Waals surface area contributed by atoms with Crippen molar-refractivity contribution in [3.63, 3.8) is 0 Å². The zero-order valence-corrected chi connectivity index (χ0v) is 7.19. The van der Waals surface area contributed by atoms with Gasteiger partial charge >= 0.3 is 0 Å². The van der Waals surface area contributed by atoms with Gasteiger partial charge in [0.25, 0.3) is 0 Å². The molecule has 0 radical (unpaired) electrons. The summed E-state index contributed by atoms with van der Waals surface area (Å²) in [4.78, 5) is 14.0. The molecule has 1 aromatic rings. The highest BCUT2D eigenvalue weighted by Crippen LogP contribution is 2.23. The van der Waals surface area contributed by atoms with Gasteiger partial charge in [-0.3, -0.25) is 9.78 Å². The normalized spacial score (nSPS) is 9.40. The van der Waals surface area contributed by atoms with Gasteiger partial charge in [0, 0.05) is 12.4 Å². The third-order valence-corrected chi connectivity index (χ3v) is 2.24. The van der Waals surface area contributed by atoms with Crippen molar-refractivity contribution in [2.75, 3.05) is 0 Å². The first kappa shape index (κ1) is 7.69. The monoisotopic (exact) mass is 219 g/mol. The van der Waals surface area contributed by atoms with Crippen LogP contribution in [0.15, 0.2) is 16.9 Å². The molecule has 0 saturated heterocycles. The summed E-state index contributed by atoms with van der Waals surface area (Å²) in [6.07, 6.45) is 3.62. The molecule has 0 aromatic carbocycles. The second kappa shape index (κ2) is 3.12. The van der Waals surface area contributed by atoms with Gasteiger partial charge in [-0.1, -0.05) is 11.6 Å². The van der Waals surface area contributed by atoms with Gasteiger partial charge in [-0.15, -0.1) is 0 Å². The minimum absolute atomic E-state index is 0.399. The lowest BCUT2D eigenvalue weighted by Gasteiger charge is -1.95. The van der Waals surface area contributed by atoms with E-state index in [9.17, 15) is 4.79 Å². The van der Waals surface area contributed by atoms with Crippen LogP contribution in [0.1, 0.15) is 10.4 Å². The fourth-order valence-corrected chi connectivity index (χ4v) is 1.01. The number of hydrogen-bond acceptors (Lipinski definition) is 2. The predicted octanol–water partition coefficient (Wildman–Crippen LogP) is 2.31. The molecule has 2 nitrogen and oxygen atoms in total. The maximum atomic E-state index is 10.2. The Balaban J connectivity index is 3.27. The van der Waals surface area contributed by atoms with Crippen molar-refractivity contribution in [1.82, 2.24) is 4.98 Å². The Morgan fingerprint density at radius 1 is 1.60 bits per heavy atom. The fourth-order valence-electron chi connectivity index (χ4n) is 0.516. The Hall–Kier alpha value is -0.410. The maximum absolute atomic E-state index is 10.2. The molecule has 52 valence electrons. The average Bonchev–Trinajstić information content (AvgIpc) is 1.95. The zero-order chi connectivity index (χ0) is 7.56. The van der Waals surface area contributed by atoms with Crippen molar-refractivity contribution in [3.8, 4) is 0 Å². The van der Waals surface area contributed by atoms with Crippen LogP contribution < -0.4 is 0 Å². The van der Waals surface area contributed by atoms with Gasteiger partial charge in [-0.05, 0) is 15.9 Å². The summed E-state index contributed by atoms with van der Waals surface area (Å²) in [7, 11) is 0. The smallest absolute Gasteiger partial charge is 0.153 e. The van der Waals surface area contributed by atoms with Crippen molar-refractivity contribution >= 4 is 33.8 Å². The lowest BCUT2D eigenvalue weighted by molar-refractivity contribution is 0.112. The molecule has 0 N–H and O–H groups in total. The molecule has 1 aromatic heterocycles. The number of halogens is 2. The summed E-state index contributed by atoms with van der Waals surface area (Å²) < 4.78 is 0.638. The van der Waals surface area contributed by atoms with Crippen LogP contribution in [0.2, 0.25) is 5.02 Å². The number of carbonyl (C=O) groups is 1. The Kier molecular flexibility index (Phi) is 2.40. The van der Waals surface area contributed by atoms with Crippen LogP contribution in [0.25, 0.3) is 0 Å². The van der Waals surface area contributed by atoms with E-state index in [4.69, 9.17) is 11.6 Å². The molecule has 0 saturated carbocycles. The highest BCUT2D eigenvalue weighted by molar-refractivity contribution is 9.10. The average molecular weight is 220 g/mol. The Labute approximate surface area is 71.3 Å². The quantitative estimate of drug-likeness (QED) is 0.680. The van der Waals surface area contributed by atoms with Crippen LogP contribution in [0.5, 0.6) is 0 Å². The molecule has 0 unspecified atom stereocenters. The van der Waals surface area contributed by atoms with Gasteiger partial charge in [0.05, 0.1) is 15.1 Å². The molecule has 0 aliphatic rings. The predicted molar refractivity (Wildman–Crippen MR) is 42.3 cm³/mol. The third-order valence-electron chi connectivity index (χ3n) is 0.992. The minimum atomic E-state index is 0.399. The molecule has 0 aliphatic carbocycles. The molecule has 0 bridgehead atoms. The van der Waals surface area contributed by atoms with Crippen LogP contribution in [0.3, 0.4) is 0 Å². The zero-order valence-electron chi connectivity index (χ0n) is 4.84. The molecule has 4 heteroatoms. The van der Waals surface area contributed by atoms with E-state index < -0.39 is 0 Å². The first-order chi connectivity index (χ1) is 4.75. The summed E-state index contributed by atoms with van der Waals surface area (Å²) in [6.45, 7) is 0. The molecule has 0 spiro atoms. The number of rotatable bonds is 1. The van der Waals surface area contributed by atoms with Gasteiger partial charge in [-0.25, -0.2) is 0 Å². The van der Waals surface area contributed by atoms with E-state index >= 15 is 0 Å². The fraction of sp³-hybridized carbons (Fsp3) is 0. The van der Waals surface area contributed by atoms with E-state index in [1.165, 1.54) is 12.4 Å². The van der Waals surface area contributed by atoms with Crippen molar-refractivity contribution in [1.29, 1.82) is 0 Å². The van der Waals surface area contributed by atoms with E-state index in [1.54, 1.807) is 0 Å². The lowest BCUT2D eigenvalue weighted by Crippen LogP contribution is -1.84. The molecule has 0 atom stereocenters. The largest absolute Gasteiger partial charge is 0.298 e. The standard InChI is InChI=1S/C6H3BrClNO/c7-5-2-9-1-4(3-10)6(5)8/h1-3H. The van der Waals surface area contributed by atoms with E-state index in [0.29, 0.717) is 21.3 Å². The summed E-state index contributed by atoms with van der Waals surface area (Å²) in [6, 6.07) is 0. The van der Waals surface area contributed by atoms with E-state index in [-0.39, 0.29) is 0 Å². The molecule has 1 rings (SSSR count). The minimum Gasteiger partial charge on any atom is -0.298 e. The number of nitrogens with zero attached hydrogens (tertiary/aromatic N) is 1. The molecule has 0 amide bonds. The third kappa shape index (κ3) is 1.36. The topological polar surface area (TPSA) is 30.0 Å². The summed E-state index contributed by atoms with van der Waals surface area (Å²) in [5.74, 6) is 0. The summed E-state index contributed by atoms with van der Waals surface area (Å²) >= 11 is 8.81. The van der Waals surface area contributed by atoms with Crippen molar-refractivity contribution in [2.24, 2.45) is 0 Å². The van der Waals surface area contributed by atoms with Crippen LogP contribution in [-0.2, 0) is 0 Å². The number of hydrogen-bond donors (Lipinski definition) is 0. The Morgan fingerprint density at radius 3 is 2.80 bits per heavy atom. The maximum Gasteiger partial charge on any atom is 0.153 e. The number of carbonyl (C=O) groups excluding carboxylic acids is 1. The molecule has 1 heterocycles.